The normalized spacial score (nSPS) is 15.6. The zero-order chi connectivity index (χ0) is 23.1. The summed E-state index contributed by atoms with van der Waals surface area (Å²) < 4.78 is 5.22. The minimum atomic E-state index is -0.564. The Bertz CT molecular complexity index is 1050. The molecule has 1 aromatic carbocycles. The van der Waals surface area contributed by atoms with Crippen molar-refractivity contribution in [2.24, 2.45) is 5.92 Å². The second-order valence-corrected chi connectivity index (χ2v) is 7.28. The lowest BCUT2D eigenvalue weighted by Gasteiger charge is -2.15. The van der Waals surface area contributed by atoms with Gasteiger partial charge in [-0.15, -0.1) is 0 Å². The second-order valence-electron chi connectivity index (χ2n) is 6.87. The number of hydrogen-bond donors (Lipinski definition) is 3. The van der Waals surface area contributed by atoms with E-state index in [1.807, 2.05) is 0 Å². The van der Waals surface area contributed by atoms with Crippen molar-refractivity contribution in [2.45, 2.75) is 13.0 Å². The molecule has 1 aromatic heterocycles. The Kier molecular flexibility index (Phi) is 7.29. The zero-order valence-electron chi connectivity index (χ0n) is 16.6. The second kappa shape index (κ2) is 10.3. The summed E-state index contributed by atoms with van der Waals surface area (Å²) in [6.07, 6.45) is 4.22. The molecule has 2 aromatic rings. The molecular formula is C20H19N5O6S. The molecule has 2 heterocycles. The molecule has 3 rings (SSSR count). The van der Waals surface area contributed by atoms with Gasteiger partial charge in [0.25, 0.3) is 5.69 Å². The summed E-state index contributed by atoms with van der Waals surface area (Å²) in [4.78, 5) is 48.0. The number of carbonyl (C=O) groups is 3. The molecule has 1 saturated heterocycles. The van der Waals surface area contributed by atoms with Crippen LogP contribution in [0.25, 0.3) is 6.08 Å². The Labute approximate surface area is 187 Å². The van der Waals surface area contributed by atoms with E-state index < -0.39 is 22.7 Å². The first-order chi connectivity index (χ1) is 15.3. The fourth-order valence-electron chi connectivity index (χ4n) is 2.98. The van der Waals surface area contributed by atoms with E-state index in [9.17, 15) is 24.5 Å². The van der Waals surface area contributed by atoms with E-state index in [0.29, 0.717) is 17.9 Å². The molecule has 1 unspecified atom stereocenters. The number of hydrogen-bond acceptors (Lipinski definition) is 7. The summed E-state index contributed by atoms with van der Waals surface area (Å²) in [7, 11) is 0. The highest BCUT2D eigenvalue weighted by molar-refractivity contribution is 7.80. The highest BCUT2D eigenvalue weighted by Crippen LogP contribution is 2.20. The number of rotatable bonds is 6. The number of thiocarbonyl (C=S) groups is 1. The molecule has 1 aliphatic heterocycles. The summed E-state index contributed by atoms with van der Waals surface area (Å²) in [6, 6.07) is 9.11. The van der Waals surface area contributed by atoms with Crippen molar-refractivity contribution in [2.75, 3.05) is 6.54 Å². The van der Waals surface area contributed by atoms with Crippen LogP contribution in [0.15, 0.2) is 53.2 Å². The number of nitrogens with one attached hydrogen (secondary N) is 3. The van der Waals surface area contributed by atoms with E-state index >= 15 is 0 Å². The fourth-order valence-corrected chi connectivity index (χ4v) is 3.13. The number of nitrogens with zero attached hydrogens (tertiary/aromatic N) is 2. The monoisotopic (exact) mass is 457 g/mol. The number of nitro benzene ring substituents is 1. The van der Waals surface area contributed by atoms with E-state index in [-0.39, 0.29) is 29.7 Å². The zero-order valence-corrected chi connectivity index (χ0v) is 17.5. The molecule has 11 nitrogen and oxygen atoms in total. The highest BCUT2D eigenvalue weighted by atomic mass is 32.1. The van der Waals surface area contributed by atoms with Gasteiger partial charge < -0.3 is 9.32 Å². The van der Waals surface area contributed by atoms with Gasteiger partial charge in [-0.25, -0.2) is 0 Å². The number of furan rings is 1. The lowest BCUT2D eigenvalue weighted by atomic mass is 10.1. The number of non-ortho nitro benzene ring substituents is 1. The van der Waals surface area contributed by atoms with Gasteiger partial charge in [0, 0.05) is 31.2 Å². The summed E-state index contributed by atoms with van der Waals surface area (Å²) >= 11 is 4.97. The summed E-state index contributed by atoms with van der Waals surface area (Å²) in [5.74, 6) is -1.09. The van der Waals surface area contributed by atoms with Gasteiger partial charge in [-0.3, -0.25) is 40.7 Å². The maximum atomic E-state index is 12.3. The molecule has 0 spiro atoms. The van der Waals surface area contributed by atoms with Crippen molar-refractivity contribution < 1.29 is 23.7 Å². The van der Waals surface area contributed by atoms with Crippen LogP contribution < -0.4 is 16.2 Å². The minimum Gasteiger partial charge on any atom is -0.467 e. The molecule has 0 bridgehead atoms. The van der Waals surface area contributed by atoms with Crippen LogP contribution >= 0.6 is 12.2 Å². The molecule has 1 aliphatic rings. The van der Waals surface area contributed by atoms with Gasteiger partial charge in [0.2, 0.25) is 17.7 Å². The Balaban J connectivity index is 1.41. The van der Waals surface area contributed by atoms with Crippen LogP contribution in [0.3, 0.4) is 0 Å². The maximum absolute atomic E-state index is 12.3. The van der Waals surface area contributed by atoms with Gasteiger partial charge in [0.1, 0.15) is 5.76 Å². The quantitative estimate of drug-likeness (QED) is 0.254. The first-order valence-electron chi connectivity index (χ1n) is 9.45. The third kappa shape index (κ3) is 6.22. The van der Waals surface area contributed by atoms with Gasteiger partial charge in [0.15, 0.2) is 5.11 Å². The molecule has 1 atom stereocenters. The smallest absolute Gasteiger partial charge is 0.269 e. The molecular weight excluding hydrogens is 438 g/mol. The van der Waals surface area contributed by atoms with Crippen molar-refractivity contribution in [1.82, 2.24) is 21.1 Å². The molecule has 12 heteroatoms. The van der Waals surface area contributed by atoms with E-state index in [2.05, 4.69) is 16.2 Å². The van der Waals surface area contributed by atoms with Crippen molar-refractivity contribution >= 4 is 46.8 Å². The molecule has 0 radical (unpaired) electrons. The topological polar surface area (TPSA) is 147 Å². The predicted octanol–water partition coefficient (Wildman–Crippen LogP) is 1.27. The number of likely N-dealkylation sites (tertiary alicyclic amines) is 1. The highest BCUT2D eigenvalue weighted by Gasteiger charge is 2.34. The lowest BCUT2D eigenvalue weighted by molar-refractivity contribution is -0.384. The van der Waals surface area contributed by atoms with Gasteiger partial charge in [-0.05, 0) is 48.1 Å². The lowest BCUT2D eigenvalue weighted by Crippen LogP contribution is -2.50. The van der Waals surface area contributed by atoms with Gasteiger partial charge >= 0.3 is 0 Å². The van der Waals surface area contributed by atoms with Crippen molar-refractivity contribution in [3.8, 4) is 0 Å². The predicted molar refractivity (Wildman–Crippen MR) is 116 cm³/mol. The van der Waals surface area contributed by atoms with Crippen LogP contribution in [0.2, 0.25) is 0 Å². The van der Waals surface area contributed by atoms with Crippen LogP contribution in [0.4, 0.5) is 5.69 Å². The molecule has 0 aliphatic carbocycles. The number of nitro groups is 1. The summed E-state index contributed by atoms with van der Waals surface area (Å²) in [5.41, 5.74) is 5.34. The van der Waals surface area contributed by atoms with Gasteiger partial charge in [-0.1, -0.05) is 0 Å². The van der Waals surface area contributed by atoms with Crippen LogP contribution in [-0.4, -0.2) is 39.2 Å². The van der Waals surface area contributed by atoms with Gasteiger partial charge in [-0.2, -0.15) is 0 Å². The average molecular weight is 457 g/mol. The molecule has 32 heavy (non-hydrogen) atoms. The maximum Gasteiger partial charge on any atom is 0.269 e. The number of benzene rings is 1. The average Bonchev–Trinajstić information content (AvgIpc) is 3.41. The molecule has 3 amide bonds. The first-order valence-corrected chi connectivity index (χ1v) is 9.86. The standard InChI is InChI=1S/C20H19N5O6S/c26-17(8-5-13-3-6-15(7-4-13)25(29)30)21-20(32)23-22-19(28)14-10-18(27)24(11-14)12-16-2-1-9-31-16/h1-9,14H,10-12H2,(H,22,28)(H2,21,23,26,32)/b8-5+. The summed E-state index contributed by atoms with van der Waals surface area (Å²) in [5, 5.41) is 12.9. The Morgan fingerprint density at radius 3 is 2.66 bits per heavy atom. The third-order valence-corrected chi connectivity index (χ3v) is 4.78. The Hall–Kier alpha value is -4.06. The Morgan fingerprint density at radius 2 is 2.00 bits per heavy atom. The van der Waals surface area contributed by atoms with Crippen molar-refractivity contribution in [3.05, 3.63) is 70.2 Å². The van der Waals surface area contributed by atoms with Crippen LogP contribution in [0.5, 0.6) is 0 Å². The van der Waals surface area contributed by atoms with E-state index in [1.165, 1.54) is 47.6 Å². The SMILES string of the molecule is O=C(/C=C/c1ccc([N+](=O)[O-])cc1)NC(=S)NNC(=O)C1CC(=O)N(Cc2ccco2)C1. The van der Waals surface area contributed by atoms with E-state index in [0.717, 1.165) is 0 Å². The third-order valence-electron chi connectivity index (χ3n) is 4.58. The number of hydrazine groups is 1. The molecule has 0 saturated carbocycles. The first kappa shape index (κ1) is 22.6. The van der Waals surface area contributed by atoms with Crippen molar-refractivity contribution in [3.63, 3.8) is 0 Å². The molecule has 166 valence electrons. The van der Waals surface area contributed by atoms with E-state index in [4.69, 9.17) is 16.6 Å². The van der Waals surface area contributed by atoms with Gasteiger partial charge in [0.05, 0.1) is 23.6 Å². The largest absolute Gasteiger partial charge is 0.467 e. The minimum absolute atomic E-state index is 0.0548. The van der Waals surface area contributed by atoms with Crippen LogP contribution in [-0.2, 0) is 20.9 Å². The molecule has 1 fully saturated rings. The number of amides is 3. The van der Waals surface area contributed by atoms with Crippen LogP contribution in [0.1, 0.15) is 17.7 Å². The summed E-state index contributed by atoms with van der Waals surface area (Å²) in [6.45, 7) is 0.531. The van der Waals surface area contributed by atoms with E-state index in [1.54, 1.807) is 12.1 Å². The van der Waals surface area contributed by atoms with Crippen LogP contribution in [0, 0.1) is 16.0 Å². The Morgan fingerprint density at radius 1 is 1.25 bits per heavy atom. The van der Waals surface area contributed by atoms with Crippen molar-refractivity contribution in [1.29, 1.82) is 0 Å². The number of carbonyl (C=O) groups excluding carboxylic acids is 3. The molecule has 3 N–H and O–H groups in total. The fraction of sp³-hybridized carbons (Fsp3) is 0.200.